The Bertz CT molecular complexity index is 597. The number of pyridine rings is 1. The Morgan fingerprint density at radius 2 is 2.24 bits per heavy atom. The van der Waals surface area contributed by atoms with Gasteiger partial charge in [-0.05, 0) is 61.1 Å². The van der Waals surface area contributed by atoms with Crippen LogP contribution in [0.4, 0.5) is 0 Å². The number of methoxy groups -OCH3 is 1. The first kappa shape index (κ1) is 14.1. The van der Waals surface area contributed by atoms with E-state index >= 15 is 0 Å². The highest BCUT2D eigenvalue weighted by Crippen LogP contribution is 2.33. The van der Waals surface area contributed by atoms with E-state index in [0.717, 1.165) is 5.75 Å². The zero-order valence-electron chi connectivity index (χ0n) is 12.7. The van der Waals surface area contributed by atoms with Crippen LogP contribution in [0.2, 0.25) is 0 Å². The third-order valence-corrected chi connectivity index (χ3v) is 4.30. The topological polar surface area (TPSA) is 34.1 Å². The Hall–Kier alpha value is -1.87. The molecule has 2 atom stereocenters. The molecular formula is C18H22N2O. The van der Waals surface area contributed by atoms with Gasteiger partial charge in [0.05, 0.1) is 7.11 Å². The molecule has 1 aliphatic rings. The van der Waals surface area contributed by atoms with Gasteiger partial charge in [-0.1, -0.05) is 12.1 Å². The molecule has 1 heterocycles. The number of aryl methyl sites for hydroxylation is 1. The number of benzene rings is 1. The van der Waals surface area contributed by atoms with Crippen LogP contribution in [0.5, 0.6) is 5.75 Å². The normalized spacial score (nSPS) is 18.9. The zero-order valence-corrected chi connectivity index (χ0v) is 12.7. The molecule has 21 heavy (non-hydrogen) atoms. The molecule has 0 amide bonds. The van der Waals surface area contributed by atoms with Crippen molar-refractivity contribution in [1.29, 1.82) is 0 Å². The quantitative estimate of drug-likeness (QED) is 0.925. The standard InChI is InChI=1S/C18H22N2O/c1-13(15-6-4-10-19-12-15)20-18-7-3-5-14-8-9-16(21-2)11-17(14)18/h4,6,8-13,18,20H,3,5,7H2,1-2H3/t13-,18?/m0/s1. The molecule has 3 rings (SSSR count). The molecule has 0 radical (unpaired) electrons. The Morgan fingerprint density at radius 1 is 1.33 bits per heavy atom. The average molecular weight is 282 g/mol. The lowest BCUT2D eigenvalue weighted by Crippen LogP contribution is -2.27. The summed E-state index contributed by atoms with van der Waals surface area (Å²) in [5, 5.41) is 3.75. The van der Waals surface area contributed by atoms with Gasteiger partial charge in [-0.3, -0.25) is 4.98 Å². The van der Waals surface area contributed by atoms with E-state index in [4.69, 9.17) is 4.74 Å². The summed E-state index contributed by atoms with van der Waals surface area (Å²) in [7, 11) is 1.73. The van der Waals surface area contributed by atoms with E-state index in [2.05, 4.69) is 41.5 Å². The Labute approximate surface area is 126 Å². The van der Waals surface area contributed by atoms with Gasteiger partial charge in [-0.25, -0.2) is 0 Å². The van der Waals surface area contributed by atoms with Crippen LogP contribution in [-0.2, 0) is 6.42 Å². The van der Waals surface area contributed by atoms with Gasteiger partial charge >= 0.3 is 0 Å². The summed E-state index contributed by atoms with van der Waals surface area (Å²) in [5.74, 6) is 0.941. The summed E-state index contributed by atoms with van der Waals surface area (Å²) in [4.78, 5) is 4.21. The van der Waals surface area contributed by atoms with E-state index in [9.17, 15) is 0 Å². The number of aromatic nitrogens is 1. The van der Waals surface area contributed by atoms with Crippen LogP contribution in [0.3, 0.4) is 0 Å². The van der Waals surface area contributed by atoms with Crippen molar-refractivity contribution >= 4 is 0 Å². The SMILES string of the molecule is COc1ccc2c(c1)C(N[C@@H](C)c1cccnc1)CCC2. The minimum atomic E-state index is 0.292. The van der Waals surface area contributed by atoms with Crippen molar-refractivity contribution in [1.82, 2.24) is 10.3 Å². The number of hydrogen-bond donors (Lipinski definition) is 1. The van der Waals surface area contributed by atoms with Crippen LogP contribution in [0.25, 0.3) is 0 Å². The Balaban J connectivity index is 1.81. The van der Waals surface area contributed by atoms with Crippen molar-refractivity contribution in [2.75, 3.05) is 7.11 Å². The smallest absolute Gasteiger partial charge is 0.119 e. The minimum Gasteiger partial charge on any atom is -0.497 e. The van der Waals surface area contributed by atoms with Gasteiger partial charge in [-0.2, -0.15) is 0 Å². The molecule has 1 unspecified atom stereocenters. The summed E-state index contributed by atoms with van der Waals surface area (Å²) in [6.45, 7) is 2.20. The van der Waals surface area contributed by atoms with Crippen molar-refractivity contribution in [2.45, 2.75) is 38.3 Å². The molecule has 2 aromatic rings. The molecule has 0 saturated carbocycles. The van der Waals surface area contributed by atoms with Gasteiger partial charge in [-0.15, -0.1) is 0 Å². The van der Waals surface area contributed by atoms with Gasteiger partial charge in [0.15, 0.2) is 0 Å². The van der Waals surface area contributed by atoms with Crippen LogP contribution in [0, 0.1) is 0 Å². The fraction of sp³-hybridized carbons (Fsp3) is 0.389. The first-order valence-corrected chi connectivity index (χ1v) is 7.60. The zero-order chi connectivity index (χ0) is 14.7. The van der Waals surface area contributed by atoms with Crippen molar-refractivity contribution < 1.29 is 4.74 Å². The number of ether oxygens (including phenoxy) is 1. The lowest BCUT2D eigenvalue weighted by molar-refractivity contribution is 0.399. The van der Waals surface area contributed by atoms with E-state index < -0.39 is 0 Å². The predicted molar refractivity (Wildman–Crippen MR) is 84.5 cm³/mol. The van der Waals surface area contributed by atoms with Crippen LogP contribution < -0.4 is 10.1 Å². The van der Waals surface area contributed by atoms with Crippen LogP contribution in [0.1, 0.15) is 48.5 Å². The molecule has 0 bridgehead atoms. The highest BCUT2D eigenvalue weighted by atomic mass is 16.5. The predicted octanol–water partition coefficient (Wildman–Crippen LogP) is 3.82. The maximum Gasteiger partial charge on any atom is 0.119 e. The summed E-state index contributed by atoms with van der Waals surface area (Å²) in [6.07, 6.45) is 7.32. The monoisotopic (exact) mass is 282 g/mol. The van der Waals surface area contributed by atoms with Gasteiger partial charge < -0.3 is 10.1 Å². The van der Waals surface area contributed by atoms with Gasteiger partial charge in [0.25, 0.3) is 0 Å². The van der Waals surface area contributed by atoms with Crippen molar-refractivity contribution in [3.8, 4) is 5.75 Å². The Morgan fingerprint density at radius 3 is 3.00 bits per heavy atom. The van der Waals surface area contributed by atoms with Crippen molar-refractivity contribution in [3.63, 3.8) is 0 Å². The molecule has 1 aromatic heterocycles. The first-order valence-electron chi connectivity index (χ1n) is 7.60. The molecule has 3 nitrogen and oxygen atoms in total. The molecule has 110 valence electrons. The second kappa shape index (κ2) is 6.27. The molecule has 0 saturated heterocycles. The van der Waals surface area contributed by atoms with Crippen LogP contribution in [-0.4, -0.2) is 12.1 Å². The summed E-state index contributed by atoms with van der Waals surface area (Å²) >= 11 is 0. The minimum absolute atomic E-state index is 0.292. The fourth-order valence-electron chi connectivity index (χ4n) is 3.11. The van der Waals surface area contributed by atoms with Crippen LogP contribution in [0.15, 0.2) is 42.7 Å². The molecule has 1 N–H and O–H groups in total. The number of rotatable bonds is 4. The molecule has 0 fully saturated rings. The lowest BCUT2D eigenvalue weighted by Gasteiger charge is -2.29. The third-order valence-electron chi connectivity index (χ3n) is 4.30. The second-order valence-electron chi connectivity index (χ2n) is 5.68. The van der Waals surface area contributed by atoms with Crippen LogP contribution >= 0.6 is 0 Å². The molecular weight excluding hydrogens is 260 g/mol. The first-order chi connectivity index (χ1) is 10.3. The largest absolute Gasteiger partial charge is 0.497 e. The van der Waals surface area contributed by atoms with E-state index in [0.29, 0.717) is 12.1 Å². The van der Waals surface area contributed by atoms with E-state index in [-0.39, 0.29) is 0 Å². The van der Waals surface area contributed by atoms with Gasteiger partial charge in [0.1, 0.15) is 5.75 Å². The van der Waals surface area contributed by atoms with Gasteiger partial charge in [0, 0.05) is 24.5 Å². The van der Waals surface area contributed by atoms with E-state index in [1.807, 2.05) is 18.5 Å². The van der Waals surface area contributed by atoms with Crippen molar-refractivity contribution in [3.05, 3.63) is 59.4 Å². The molecule has 3 heteroatoms. The van der Waals surface area contributed by atoms with E-state index in [1.54, 1.807) is 7.11 Å². The van der Waals surface area contributed by atoms with E-state index in [1.165, 1.54) is 36.0 Å². The number of hydrogen-bond acceptors (Lipinski definition) is 3. The second-order valence-corrected chi connectivity index (χ2v) is 5.68. The molecule has 0 aliphatic heterocycles. The summed E-state index contributed by atoms with van der Waals surface area (Å²) in [5.41, 5.74) is 4.06. The molecule has 0 spiro atoms. The number of nitrogens with one attached hydrogen (secondary N) is 1. The summed E-state index contributed by atoms with van der Waals surface area (Å²) in [6, 6.07) is 11.2. The molecule has 1 aromatic carbocycles. The molecule has 1 aliphatic carbocycles. The maximum atomic E-state index is 5.38. The number of nitrogens with zero attached hydrogens (tertiary/aromatic N) is 1. The maximum absolute atomic E-state index is 5.38. The highest BCUT2D eigenvalue weighted by Gasteiger charge is 2.22. The van der Waals surface area contributed by atoms with Gasteiger partial charge in [0.2, 0.25) is 0 Å². The fourth-order valence-corrected chi connectivity index (χ4v) is 3.11. The number of fused-ring (bicyclic) bond motifs is 1. The average Bonchev–Trinajstić information content (AvgIpc) is 2.55. The van der Waals surface area contributed by atoms with Crippen molar-refractivity contribution in [2.24, 2.45) is 0 Å². The highest BCUT2D eigenvalue weighted by molar-refractivity contribution is 5.39. The summed E-state index contributed by atoms with van der Waals surface area (Å²) < 4.78 is 5.38. The lowest BCUT2D eigenvalue weighted by atomic mass is 9.87. The third kappa shape index (κ3) is 3.08. The Kier molecular flexibility index (Phi) is 4.20.